The molecular formula is C15H14N2O2. The highest BCUT2D eigenvalue weighted by atomic mass is 16.3. The molecule has 4 nitrogen and oxygen atoms in total. The number of Topliss-reactive ketones (excluding diaryl/α,β-unsaturated/α-hetero) is 1. The molecule has 0 saturated carbocycles. The van der Waals surface area contributed by atoms with Gasteiger partial charge in [0.2, 0.25) is 0 Å². The first-order valence-electron chi connectivity index (χ1n) is 5.89. The number of aromatic hydroxyl groups is 1. The number of hydrogen-bond acceptors (Lipinski definition) is 4. The quantitative estimate of drug-likeness (QED) is 0.655. The Morgan fingerprint density at radius 3 is 2.42 bits per heavy atom. The molecule has 0 radical (unpaired) electrons. The van der Waals surface area contributed by atoms with Gasteiger partial charge in [0.1, 0.15) is 5.75 Å². The van der Waals surface area contributed by atoms with Crippen molar-refractivity contribution in [1.29, 1.82) is 0 Å². The van der Waals surface area contributed by atoms with Crippen molar-refractivity contribution in [3.05, 3.63) is 53.6 Å². The van der Waals surface area contributed by atoms with Gasteiger partial charge in [-0.3, -0.25) is 4.79 Å². The molecule has 0 bridgehead atoms. The molecule has 2 aromatic carbocycles. The van der Waals surface area contributed by atoms with Crippen molar-refractivity contribution >= 4 is 17.2 Å². The molecule has 4 heteroatoms. The number of phenols is 1. The van der Waals surface area contributed by atoms with Crippen LogP contribution >= 0.6 is 0 Å². The zero-order chi connectivity index (χ0) is 13.8. The van der Waals surface area contributed by atoms with Gasteiger partial charge in [-0.25, -0.2) is 0 Å². The fraction of sp³-hybridized carbons (Fsp3) is 0.133. The molecule has 0 atom stereocenters. The molecule has 0 aliphatic carbocycles. The van der Waals surface area contributed by atoms with Crippen molar-refractivity contribution in [2.75, 3.05) is 0 Å². The van der Waals surface area contributed by atoms with E-state index in [4.69, 9.17) is 0 Å². The van der Waals surface area contributed by atoms with Crippen LogP contribution in [0.5, 0.6) is 5.75 Å². The lowest BCUT2D eigenvalue weighted by molar-refractivity contribution is 0.101. The van der Waals surface area contributed by atoms with E-state index in [-0.39, 0.29) is 17.1 Å². The van der Waals surface area contributed by atoms with Gasteiger partial charge in [-0.2, -0.15) is 10.2 Å². The minimum absolute atomic E-state index is 0.0244. The van der Waals surface area contributed by atoms with Gasteiger partial charge in [0.25, 0.3) is 0 Å². The van der Waals surface area contributed by atoms with Crippen LogP contribution in [0.15, 0.2) is 52.7 Å². The highest BCUT2D eigenvalue weighted by molar-refractivity contribution is 5.97. The van der Waals surface area contributed by atoms with Crippen LogP contribution in [0.1, 0.15) is 22.8 Å². The van der Waals surface area contributed by atoms with Crippen molar-refractivity contribution < 1.29 is 9.90 Å². The van der Waals surface area contributed by atoms with Gasteiger partial charge in [0, 0.05) is 0 Å². The van der Waals surface area contributed by atoms with Crippen molar-refractivity contribution in [3.8, 4) is 5.75 Å². The summed E-state index contributed by atoms with van der Waals surface area (Å²) in [5.41, 5.74) is 2.33. The molecule has 0 aliphatic rings. The standard InChI is InChI=1S/C15H14N2O2/c1-10-8-15(19)13(11(2)18)9-14(10)17-16-12-6-4-3-5-7-12/h3-9,19H,1-2H3. The first-order valence-corrected chi connectivity index (χ1v) is 5.89. The number of phenolic OH excluding ortho intramolecular Hbond substituents is 1. The number of azo groups is 1. The van der Waals surface area contributed by atoms with Gasteiger partial charge in [0.05, 0.1) is 16.9 Å². The monoisotopic (exact) mass is 254 g/mol. The van der Waals surface area contributed by atoms with Gasteiger partial charge in [-0.05, 0) is 43.7 Å². The number of ketones is 1. The number of carbonyl (C=O) groups excluding carboxylic acids is 1. The zero-order valence-electron chi connectivity index (χ0n) is 10.8. The van der Waals surface area contributed by atoms with Crippen LogP contribution in [-0.2, 0) is 0 Å². The van der Waals surface area contributed by atoms with E-state index in [2.05, 4.69) is 10.2 Å². The Morgan fingerprint density at radius 1 is 1.11 bits per heavy atom. The Morgan fingerprint density at radius 2 is 1.79 bits per heavy atom. The first kappa shape index (κ1) is 13.0. The molecule has 0 aliphatic heterocycles. The summed E-state index contributed by atoms with van der Waals surface area (Å²) in [5, 5.41) is 17.9. The van der Waals surface area contributed by atoms with Crippen LogP contribution in [-0.4, -0.2) is 10.9 Å². The van der Waals surface area contributed by atoms with E-state index in [9.17, 15) is 9.90 Å². The average molecular weight is 254 g/mol. The lowest BCUT2D eigenvalue weighted by Crippen LogP contribution is -1.93. The van der Waals surface area contributed by atoms with E-state index >= 15 is 0 Å². The summed E-state index contributed by atoms with van der Waals surface area (Å²) in [6.45, 7) is 3.21. The molecule has 0 heterocycles. The summed E-state index contributed by atoms with van der Waals surface area (Å²) in [6.07, 6.45) is 0. The third-order valence-electron chi connectivity index (χ3n) is 2.72. The van der Waals surface area contributed by atoms with E-state index in [1.165, 1.54) is 13.0 Å². The summed E-state index contributed by atoms with van der Waals surface area (Å²) in [5.74, 6) is -0.225. The molecule has 0 saturated heterocycles. The second kappa shape index (κ2) is 5.44. The van der Waals surface area contributed by atoms with Crippen LogP contribution in [0, 0.1) is 6.92 Å². The maximum absolute atomic E-state index is 11.4. The number of nitrogens with zero attached hydrogens (tertiary/aromatic N) is 2. The Kier molecular flexibility index (Phi) is 3.71. The Labute approximate surface area is 111 Å². The molecule has 96 valence electrons. The smallest absolute Gasteiger partial charge is 0.163 e. The zero-order valence-corrected chi connectivity index (χ0v) is 10.8. The van der Waals surface area contributed by atoms with Gasteiger partial charge >= 0.3 is 0 Å². The minimum Gasteiger partial charge on any atom is -0.507 e. The molecule has 0 spiro atoms. The van der Waals surface area contributed by atoms with Crippen LogP contribution in [0.2, 0.25) is 0 Å². The van der Waals surface area contributed by atoms with Gasteiger partial charge < -0.3 is 5.11 Å². The number of hydrogen-bond donors (Lipinski definition) is 1. The van der Waals surface area contributed by atoms with Gasteiger partial charge in [-0.15, -0.1) is 0 Å². The van der Waals surface area contributed by atoms with Gasteiger partial charge in [-0.1, -0.05) is 18.2 Å². The molecule has 2 rings (SSSR count). The summed E-state index contributed by atoms with van der Waals surface area (Å²) in [6, 6.07) is 12.4. The summed E-state index contributed by atoms with van der Waals surface area (Å²) in [4.78, 5) is 11.4. The molecule has 0 aromatic heterocycles. The lowest BCUT2D eigenvalue weighted by atomic mass is 10.1. The summed E-state index contributed by atoms with van der Waals surface area (Å²) >= 11 is 0. The molecule has 19 heavy (non-hydrogen) atoms. The number of carbonyl (C=O) groups is 1. The number of benzene rings is 2. The van der Waals surface area contributed by atoms with Crippen molar-refractivity contribution in [3.63, 3.8) is 0 Å². The Bertz CT molecular complexity index is 634. The summed E-state index contributed by atoms with van der Waals surface area (Å²) < 4.78 is 0. The second-order valence-corrected chi connectivity index (χ2v) is 4.25. The van der Waals surface area contributed by atoms with E-state index in [1.54, 1.807) is 6.07 Å². The number of aryl methyl sites for hydroxylation is 1. The largest absolute Gasteiger partial charge is 0.507 e. The topological polar surface area (TPSA) is 62.0 Å². The Hall–Kier alpha value is -2.49. The van der Waals surface area contributed by atoms with E-state index in [1.807, 2.05) is 37.3 Å². The molecule has 0 unspecified atom stereocenters. The minimum atomic E-state index is -0.200. The third-order valence-corrected chi connectivity index (χ3v) is 2.72. The fourth-order valence-corrected chi connectivity index (χ4v) is 1.68. The molecule has 0 amide bonds. The molecule has 2 aromatic rings. The Balaban J connectivity index is 2.38. The predicted molar refractivity (Wildman–Crippen MR) is 73.5 cm³/mol. The van der Waals surface area contributed by atoms with E-state index in [0.717, 1.165) is 11.3 Å². The van der Waals surface area contributed by atoms with E-state index < -0.39 is 0 Å². The first-order chi connectivity index (χ1) is 9.08. The lowest BCUT2D eigenvalue weighted by Gasteiger charge is -2.04. The fourth-order valence-electron chi connectivity index (χ4n) is 1.68. The number of rotatable bonds is 3. The summed E-state index contributed by atoms with van der Waals surface area (Å²) in [7, 11) is 0. The maximum Gasteiger partial charge on any atom is 0.163 e. The predicted octanol–water partition coefficient (Wildman–Crippen LogP) is 4.32. The normalized spacial score (nSPS) is 10.8. The van der Waals surface area contributed by atoms with Crippen molar-refractivity contribution in [1.82, 2.24) is 0 Å². The molecule has 1 N–H and O–H groups in total. The maximum atomic E-state index is 11.4. The molecule has 0 fully saturated rings. The third kappa shape index (κ3) is 3.04. The van der Waals surface area contributed by atoms with E-state index in [0.29, 0.717) is 5.69 Å². The van der Waals surface area contributed by atoms with Crippen LogP contribution < -0.4 is 0 Å². The van der Waals surface area contributed by atoms with Crippen LogP contribution in [0.25, 0.3) is 0 Å². The SMILES string of the molecule is CC(=O)c1cc(N=Nc2ccccc2)c(C)cc1O. The van der Waals surface area contributed by atoms with Crippen molar-refractivity contribution in [2.45, 2.75) is 13.8 Å². The second-order valence-electron chi connectivity index (χ2n) is 4.25. The molecular weight excluding hydrogens is 240 g/mol. The van der Waals surface area contributed by atoms with Gasteiger partial charge in [0.15, 0.2) is 5.78 Å². The highest BCUT2D eigenvalue weighted by Gasteiger charge is 2.10. The highest BCUT2D eigenvalue weighted by Crippen LogP contribution is 2.29. The van der Waals surface area contributed by atoms with Crippen molar-refractivity contribution in [2.24, 2.45) is 10.2 Å². The van der Waals surface area contributed by atoms with Crippen LogP contribution in [0.4, 0.5) is 11.4 Å². The average Bonchev–Trinajstić information content (AvgIpc) is 2.38. The van der Waals surface area contributed by atoms with Crippen LogP contribution in [0.3, 0.4) is 0 Å².